The first-order valence-electron chi connectivity index (χ1n) is 4.22. The van der Waals surface area contributed by atoms with Gasteiger partial charge in [0.25, 0.3) is 0 Å². The third-order valence-corrected chi connectivity index (χ3v) is 2.66. The van der Waals surface area contributed by atoms with Crippen LogP contribution >= 0.6 is 0 Å². The Labute approximate surface area is 81.4 Å². The minimum absolute atomic E-state index is 0.0945. The summed E-state index contributed by atoms with van der Waals surface area (Å²) in [4.78, 5) is 33.4. The molecule has 0 amide bonds. The Morgan fingerprint density at radius 2 is 2.14 bits per heavy atom. The normalized spacial score (nSPS) is 25.8. The summed E-state index contributed by atoms with van der Waals surface area (Å²) < 4.78 is 9.36. The van der Waals surface area contributed by atoms with Crippen molar-refractivity contribution < 1.29 is 23.9 Å². The second-order valence-electron chi connectivity index (χ2n) is 3.42. The Kier molecular flexibility index (Phi) is 2.71. The molecule has 0 bridgehead atoms. The monoisotopic (exact) mass is 200 g/mol. The summed E-state index contributed by atoms with van der Waals surface area (Å²) in [6, 6.07) is 0. The molecular weight excluding hydrogens is 188 g/mol. The molecule has 1 fully saturated rings. The molecule has 0 spiro atoms. The molecule has 1 heterocycles. The van der Waals surface area contributed by atoms with Crippen LogP contribution in [0.5, 0.6) is 0 Å². The largest absolute Gasteiger partial charge is 0.393 e. The van der Waals surface area contributed by atoms with Crippen molar-refractivity contribution in [2.45, 2.75) is 25.9 Å². The fraction of sp³-hybridized carbons (Fsp3) is 0.667. The second-order valence-corrected chi connectivity index (χ2v) is 3.42. The molecule has 2 atom stereocenters. The van der Waals surface area contributed by atoms with Gasteiger partial charge in [0.05, 0.1) is 6.42 Å². The van der Waals surface area contributed by atoms with Gasteiger partial charge in [0.15, 0.2) is 5.78 Å². The molecule has 0 aromatic carbocycles. The molecule has 78 valence electrons. The van der Waals surface area contributed by atoms with Crippen LogP contribution in [0, 0.1) is 5.92 Å². The van der Waals surface area contributed by atoms with Crippen LogP contribution in [0.4, 0.5) is 0 Å². The van der Waals surface area contributed by atoms with Crippen LogP contribution in [0.25, 0.3) is 0 Å². The van der Waals surface area contributed by atoms with Crippen LogP contribution in [-0.4, -0.2) is 30.4 Å². The minimum Gasteiger partial charge on any atom is -0.393 e. The number of esters is 2. The van der Waals surface area contributed by atoms with Gasteiger partial charge < -0.3 is 9.47 Å². The van der Waals surface area contributed by atoms with Crippen LogP contribution in [0.1, 0.15) is 20.3 Å². The summed E-state index contributed by atoms with van der Waals surface area (Å²) in [7, 11) is 1.33. The zero-order chi connectivity index (χ0) is 10.9. The first-order chi connectivity index (χ1) is 6.41. The van der Waals surface area contributed by atoms with E-state index in [4.69, 9.17) is 4.74 Å². The van der Waals surface area contributed by atoms with Gasteiger partial charge in [-0.15, -0.1) is 0 Å². The van der Waals surface area contributed by atoms with Crippen molar-refractivity contribution in [1.29, 1.82) is 0 Å². The molecule has 0 saturated carbocycles. The highest BCUT2D eigenvalue weighted by Crippen LogP contribution is 2.31. The van der Waals surface area contributed by atoms with E-state index in [1.807, 2.05) is 0 Å². The van der Waals surface area contributed by atoms with Crippen LogP contribution < -0.4 is 0 Å². The fourth-order valence-corrected chi connectivity index (χ4v) is 1.43. The third-order valence-electron chi connectivity index (χ3n) is 2.66. The Balaban J connectivity index is 2.96. The van der Waals surface area contributed by atoms with E-state index < -0.39 is 23.5 Å². The third kappa shape index (κ3) is 1.55. The quantitative estimate of drug-likeness (QED) is 0.476. The molecule has 1 rings (SSSR count). The molecule has 0 N–H and O–H groups in total. The predicted molar refractivity (Wildman–Crippen MR) is 45.3 cm³/mol. The predicted octanol–water partition coefficient (Wildman–Crippen LogP) is 0.0702. The van der Waals surface area contributed by atoms with E-state index in [2.05, 4.69) is 4.74 Å². The molecule has 0 aromatic rings. The molecule has 0 aliphatic carbocycles. The average molecular weight is 200 g/mol. The lowest BCUT2D eigenvalue weighted by Gasteiger charge is -2.28. The van der Waals surface area contributed by atoms with E-state index in [9.17, 15) is 14.4 Å². The number of Topliss-reactive ketones (excluding diaryl/α,β-unsaturated/α-hetero) is 1. The highest BCUT2D eigenvalue weighted by Gasteiger charge is 2.50. The van der Waals surface area contributed by atoms with E-state index >= 15 is 0 Å². The number of methoxy groups -OCH3 is 1. The maximum atomic E-state index is 11.3. The molecule has 0 radical (unpaired) electrons. The number of rotatable bonds is 3. The molecule has 14 heavy (non-hydrogen) atoms. The number of ketones is 1. The molecule has 0 aromatic heterocycles. The Morgan fingerprint density at radius 3 is 2.43 bits per heavy atom. The van der Waals surface area contributed by atoms with E-state index in [1.165, 1.54) is 21.0 Å². The standard InChI is InChI=1S/C9H12O5/c1-5(10)9(2,13-3)6-4-7(11)14-8(6)12/h6H,4H2,1-3H3. The van der Waals surface area contributed by atoms with Crippen molar-refractivity contribution in [1.82, 2.24) is 0 Å². The summed E-state index contributed by atoms with van der Waals surface area (Å²) in [5, 5.41) is 0. The van der Waals surface area contributed by atoms with Gasteiger partial charge >= 0.3 is 11.9 Å². The molecule has 1 aliphatic heterocycles. The molecule has 2 unspecified atom stereocenters. The number of hydrogen-bond donors (Lipinski definition) is 0. The molecule has 1 aliphatic rings. The lowest BCUT2D eigenvalue weighted by molar-refractivity contribution is -0.160. The topological polar surface area (TPSA) is 69.7 Å². The van der Waals surface area contributed by atoms with Gasteiger partial charge in [-0.25, -0.2) is 0 Å². The van der Waals surface area contributed by atoms with Crippen molar-refractivity contribution in [3.8, 4) is 0 Å². The number of hydrogen-bond acceptors (Lipinski definition) is 5. The van der Waals surface area contributed by atoms with Crippen molar-refractivity contribution in [2.24, 2.45) is 5.92 Å². The van der Waals surface area contributed by atoms with Gasteiger partial charge in [-0.2, -0.15) is 0 Å². The number of carbonyl (C=O) groups is 3. The van der Waals surface area contributed by atoms with Crippen LogP contribution in [0.3, 0.4) is 0 Å². The summed E-state index contributed by atoms with van der Waals surface area (Å²) >= 11 is 0. The van der Waals surface area contributed by atoms with E-state index in [0.29, 0.717) is 0 Å². The van der Waals surface area contributed by atoms with Gasteiger partial charge in [-0.1, -0.05) is 0 Å². The summed E-state index contributed by atoms with van der Waals surface area (Å²) in [6.45, 7) is 2.80. The highest BCUT2D eigenvalue weighted by atomic mass is 16.6. The maximum Gasteiger partial charge on any atom is 0.320 e. The highest BCUT2D eigenvalue weighted by molar-refractivity contribution is 6.00. The minimum atomic E-state index is -1.26. The Hall–Kier alpha value is -1.23. The zero-order valence-corrected chi connectivity index (χ0v) is 8.33. The Bertz CT molecular complexity index is 296. The maximum absolute atomic E-state index is 11.3. The van der Waals surface area contributed by atoms with E-state index in [1.54, 1.807) is 0 Å². The van der Waals surface area contributed by atoms with Crippen molar-refractivity contribution in [2.75, 3.05) is 7.11 Å². The van der Waals surface area contributed by atoms with E-state index in [0.717, 1.165) is 0 Å². The van der Waals surface area contributed by atoms with Crippen LogP contribution in [0.2, 0.25) is 0 Å². The molecule has 5 nitrogen and oxygen atoms in total. The van der Waals surface area contributed by atoms with Gasteiger partial charge in [0.1, 0.15) is 11.5 Å². The fourth-order valence-electron chi connectivity index (χ4n) is 1.43. The zero-order valence-electron chi connectivity index (χ0n) is 8.33. The first-order valence-corrected chi connectivity index (χ1v) is 4.22. The van der Waals surface area contributed by atoms with Crippen molar-refractivity contribution in [3.05, 3.63) is 0 Å². The molecule has 1 saturated heterocycles. The SMILES string of the molecule is COC(C)(C(C)=O)C1CC(=O)OC1=O. The number of carbonyl (C=O) groups excluding carboxylic acids is 3. The van der Waals surface area contributed by atoms with Gasteiger partial charge in [-0.3, -0.25) is 14.4 Å². The van der Waals surface area contributed by atoms with Crippen LogP contribution in [0.15, 0.2) is 0 Å². The average Bonchev–Trinajstić information content (AvgIpc) is 2.44. The first kappa shape index (κ1) is 10.8. The van der Waals surface area contributed by atoms with Gasteiger partial charge in [-0.05, 0) is 13.8 Å². The smallest absolute Gasteiger partial charge is 0.320 e. The van der Waals surface area contributed by atoms with Crippen LogP contribution in [-0.2, 0) is 23.9 Å². The molecule has 5 heteroatoms. The van der Waals surface area contributed by atoms with Gasteiger partial charge in [0, 0.05) is 7.11 Å². The van der Waals surface area contributed by atoms with Gasteiger partial charge in [0.2, 0.25) is 0 Å². The summed E-state index contributed by atoms with van der Waals surface area (Å²) in [5.74, 6) is -2.41. The number of cyclic esters (lactones) is 2. The lowest BCUT2D eigenvalue weighted by atomic mass is 9.84. The lowest BCUT2D eigenvalue weighted by Crippen LogP contribution is -2.45. The summed E-state index contributed by atoms with van der Waals surface area (Å²) in [5.41, 5.74) is -1.26. The van der Waals surface area contributed by atoms with Crippen molar-refractivity contribution in [3.63, 3.8) is 0 Å². The number of ether oxygens (including phenoxy) is 2. The Morgan fingerprint density at radius 1 is 1.57 bits per heavy atom. The van der Waals surface area contributed by atoms with E-state index in [-0.39, 0.29) is 12.2 Å². The summed E-state index contributed by atoms with van der Waals surface area (Å²) in [6.07, 6.45) is -0.0945. The molecular formula is C9H12O5. The second kappa shape index (κ2) is 3.49. The van der Waals surface area contributed by atoms with Crippen molar-refractivity contribution >= 4 is 17.7 Å².